The first-order chi connectivity index (χ1) is 14.3. The van der Waals surface area contributed by atoms with Crippen LogP contribution < -0.4 is 5.32 Å². The standard InChI is InChI=1S/C21H36N4O4S/c1-16(2)25(17(3)4)30(26,27)19-5-6-21(22-13-19)23-14-20(18-7-10-29-15-18)24-8-11-28-12-9-24/h5-6,13,16-18,20H,7-12,14-15H2,1-4H3,(H,22,23). The van der Waals surface area contributed by atoms with E-state index in [1.54, 1.807) is 12.1 Å². The van der Waals surface area contributed by atoms with Crippen LogP contribution in [0.25, 0.3) is 0 Å². The number of aromatic nitrogens is 1. The lowest BCUT2D eigenvalue weighted by atomic mass is 9.97. The van der Waals surface area contributed by atoms with Crippen molar-refractivity contribution >= 4 is 15.8 Å². The summed E-state index contributed by atoms with van der Waals surface area (Å²) in [7, 11) is -3.57. The highest BCUT2D eigenvalue weighted by Gasteiger charge is 2.32. The molecule has 1 aromatic heterocycles. The van der Waals surface area contributed by atoms with Gasteiger partial charge in [-0.05, 0) is 46.2 Å². The van der Waals surface area contributed by atoms with Crippen molar-refractivity contribution in [2.45, 2.75) is 57.1 Å². The Morgan fingerprint density at radius 2 is 1.83 bits per heavy atom. The molecular weight excluding hydrogens is 404 g/mol. The van der Waals surface area contributed by atoms with E-state index < -0.39 is 10.0 Å². The quantitative estimate of drug-likeness (QED) is 0.629. The molecule has 3 rings (SSSR count). The molecular formula is C21H36N4O4S. The fourth-order valence-electron chi connectivity index (χ4n) is 4.48. The second kappa shape index (κ2) is 10.4. The number of morpholine rings is 1. The van der Waals surface area contributed by atoms with Gasteiger partial charge in [-0.15, -0.1) is 0 Å². The van der Waals surface area contributed by atoms with Crippen LogP contribution in [-0.4, -0.2) is 86.8 Å². The van der Waals surface area contributed by atoms with E-state index in [1.807, 2.05) is 27.7 Å². The van der Waals surface area contributed by atoms with Crippen molar-refractivity contribution < 1.29 is 17.9 Å². The molecule has 30 heavy (non-hydrogen) atoms. The molecule has 0 bridgehead atoms. The minimum Gasteiger partial charge on any atom is -0.381 e. The smallest absolute Gasteiger partial charge is 0.245 e. The zero-order chi connectivity index (χ0) is 21.7. The largest absolute Gasteiger partial charge is 0.381 e. The zero-order valence-corrected chi connectivity index (χ0v) is 19.4. The topological polar surface area (TPSA) is 84.0 Å². The van der Waals surface area contributed by atoms with Crippen molar-refractivity contribution in [3.8, 4) is 0 Å². The van der Waals surface area contributed by atoms with Gasteiger partial charge in [-0.25, -0.2) is 13.4 Å². The fourth-order valence-corrected chi connectivity index (χ4v) is 6.26. The predicted octanol–water partition coefficient (Wildman–Crippen LogP) is 2.04. The van der Waals surface area contributed by atoms with Crippen molar-refractivity contribution in [2.24, 2.45) is 5.92 Å². The molecule has 1 aromatic rings. The van der Waals surface area contributed by atoms with Gasteiger partial charge in [0.1, 0.15) is 10.7 Å². The SMILES string of the molecule is CC(C)N(C(C)C)S(=O)(=O)c1ccc(NCC(C2CCOC2)N2CCOCC2)nc1. The van der Waals surface area contributed by atoms with Crippen molar-refractivity contribution in [2.75, 3.05) is 51.4 Å². The van der Waals surface area contributed by atoms with E-state index in [2.05, 4.69) is 15.2 Å². The Kier molecular flexibility index (Phi) is 8.09. The molecule has 0 spiro atoms. The molecule has 9 heteroatoms. The molecule has 0 aliphatic carbocycles. The van der Waals surface area contributed by atoms with Gasteiger partial charge in [-0.1, -0.05) is 0 Å². The monoisotopic (exact) mass is 440 g/mol. The van der Waals surface area contributed by atoms with Gasteiger partial charge >= 0.3 is 0 Å². The van der Waals surface area contributed by atoms with Crippen molar-refractivity contribution in [3.63, 3.8) is 0 Å². The van der Waals surface area contributed by atoms with Gasteiger partial charge in [0, 0.05) is 56.5 Å². The van der Waals surface area contributed by atoms with E-state index in [0.29, 0.717) is 17.8 Å². The van der Waals surface area contributed by atoms with Crippen molar-refractivity contribution in [1.29, 1.82) is 0 Å². The van der Waals surface area contributed by atoms with Gasteiger partial charge in [0.2, 0.25) is 10.0 Å². The molecule has 3 heterocycles. The van der Waals surface area contributed by atoms with Gasteiger partial charge in [0.05, 0.1) is 19.8 Å². The molecule has 0 saturated carbocycles. The van der Waals surface area contributed by atoms with E-state index in [1.165, 1.54) is 10.5 Å². The molecule has 2 aliphatic heterocycles. The summed E-state index contributed by atoms with van der Waals surface area (Å²) in [6.07, 6.45) is 2.52. The maximum absolute atomic E-state index is 13.0. The molecule has 1 N–H and O–H groups in total. The number of anilines is 1. The summed E-state index contributed by atoms with van der Waals surface area (Å²) in [5.74, 6) is 1.17. The van der Waals surface area contributed by atoms with E-state index in [4.69, 9.17) is 9.47 Å². The average molecular weight is 441 g/mol. The highest BCUT2D eigenvalue weighted by atomic mass is 32.2. The molecule has 0 radical (unpaired) electrons. The molecule has 2 fully saturated rings. The van der Waals surface area contributed by atoms with Gasteiger partial charge in [-0.3, -0.25) is 4.90 Å². The molecule has 170 valence electrons. The third-order valence-corrected chi connectivity index (χ3v) is 8.08. The number of rotatable bonds is 9. The highest BCUT2D eigenvalue weighted by Crippen LogP contribution is 2.24. The van der Waals surface area contributed by atoms with E-state index >= 15 is 0 Å². The average Bonchev–Trinajstić information content (AvgIpc) is 3.23. The molecule has 0 aromatic carbocycles. The summed E-state index contributed by atoms with van der Waals surface area (Å²) < 4.78 is 38.7. The molecule has 2 aliphatic rings. The number of hydrogen-bond donors (Lipinski definition) is 1. The van der Waals surface area contributed by atoms with Crippen LogP contribution in [0.2, 0.25) is 0 Å². The van der Waals surface area contributed by atoms with E-state index in [9.17, 15) is 8.42 Å². The van der Waals surface area contributed by atoms with Crippen LogP contribution in [0, 0.1) is 5.92 Å². The summed E-state index contributed by atoms with van der Waals surface area (Å²) in [6.45, 7) is 13.3. The van der Waals surface area contributed by atoms with Crippen LogP contribution in [0.3, 0.4) is 0 Å². The first kappa shape index (κ1) is 23.4. The lowest BCUT2D eigenvalue weighted by Gasteiger charge is -2.37. The van der Waals surface area contributed by atoms with Gasteiger partial charge in [0.25, 0.3) is 0 Å². The fraction of sp³-hybridized carbons (Fsp3) is 0.762. The lowest BCUT2D eigenvalue weighted by molar-refractivity contribution is 0.00460. The Bertz CT molecular complexity index is 750. The Morgan fingerprint density at radius 3 is 2.37 bits per heavy atom. The number of nitrogens with zero attached hydrogens (tertiary/aromatic N) is 3. The van der Waals surface area contributed by atoms with Crippen LogP contribution in [0.15, 0.2) is 23.2 Å². The highest BCUT2D eigenvalue weighted by molar-refractivity contribution is 7.89. The van der Waals surface area contributed by atoms with Gasteiger partial charge in [-0.2, -0.15) is 4.31 Å². The minimum absolute atomic E-state index is 0.115. The zero-order valence-electron chi connectivity index (χ0n) is 18.6. The first-order valence-corrected chi connectivity index (χ1v) is 12.4. The summed E-state index contributed by atoms with van der Waals surface area (Å²) in [4.78, 5) is 7.09. The van der Waals surface area contributed by atoms with Crippen LogP contribution in [0.4, 0.5) is 5.82 Å². The second-order valence-corrected chi connectivity index (χ2v) is 10.5. The number of sulfonamides is 1. The Morgan fingerprint density at radius 1 is 1.13 bits per heavy atom. The number of nitrogens with one attached hydrogen (secondary N) is 1. The van der Waals surface area contributed by atoms with Crippen molar-refractivity contribution in [1.82, 2.24) is 14.2 Å². The van der Waals surface area contributed by atoms with Crippen molar-refractivity contribution in [3.05, 3.63) is 18.3 Å². The number of pyridine rings is 1. The van der Waals surface area contributed by atoms with Crippen LogP contribution in [0.5, 0.6) is 0 Å². The number of hydrogen-bond acceptors (Lipinski definition) is 7. The van der Waals surface area contributed by atoms with Crippen LogP contribution in [0.1, 0.15) is 34.1 Å². The maximum Gasteiger partial charge on any atom is 0.245 e. The maximum atomic E-state index is 13.0. The molecule has 0 amide bonds. The minimum atomic E-state index is -3.57. The second-order valence-electron chi connectivity index (χ2n) is 8.62. The normalized spacial score (nSPS) is 22.2. The third kappa shape index (κ3) is 5.50. The summed E-state index contributed by atoms with van der Waals surface area (Å²) >= 11 is 0. The Labute approximate surface area is 181 Å². The van der Waals surface area contributed by atoms with E-state index in [0.717, 1.165) is 52.5 Å². The van der Waals surface area contributed by atoms with Crippen LogP contribution >= 0.6 is 0 Å². The van der Waals surface area contributed by atoms with Gasteiger partial charge in [0.15, 0.2) is 0 Å². The Hall–Kier alpha value is -1.26. The first-order valence-electron chi connectivity index (χ1n) is 10.9. The summed E-state index contributed by atoms with van der Waals surface area (Å²) in [5.41, 5.74) is 0. The predicted molar refractivity (Wildman–Crippen MR) is 117 cm³/mol. The molecule has 2 atom stereocenters. The third-order valence-electron chi connectivity index (χ3n) is 5.85. The molecule has 2 saturated heterocycles. The van der Waals surface area contributed by atoms with E-state index in [-0.39, 0.29) is 17.0 Å². The molecule has 8 nitrogen and oxygen atoms in total. The Balaban J connectivity index is 1.68. The summed E-state index contributed by atoms with van der Waals surface area (Å²) in [5, 5.41) is 3.41. The number of ether oxygens (including phenoxy) is 2. The summed E-state index contributed by atoms with van der Waals surface area (Å²) in [6, 6.07) is 3.52. The van der Waals surface area contributed by atoms with Gasteiger partial charge < -0.3 is 14.8 Å². The lowest BCUT2D eigenvalue weighted by Crippen LogP contribution is -2.50. The molecule has 2 unspecified atom stereocenters. The van der Waals surface area contributed by atoms with Crippen LogP contribution in [-0.2, 0) is 19.5 Å².